The maximum absolute atomic E-state index is 12.5. The van der Waals surface area contributed by atoms with Gasteiger partial charge in [-0.1, -0.05) is 23.7 Å². The van der Waals surface area contributed by atoms with Gasteiger partial charge in [-0.15, -0.1) is 0 Å². The number of halogens is 1. The average molecular weight is 397 g/mol. The Labute approximate surface area is 158 Å². The van der Waals surface area contributed by atoms with Crippen molar-refractivity contribution < 1.29 is 17.9 Å². The summed E-state index contributed by atoms with van der Waals surface area (Å²) in [6.07, 6.45) is 0. The van der Waals surface area contributed by atoms with Crippen LogP contribution in [0.4, 0.5) is 0 Å². The van der Waals surface area contributed by atoms with Gasteiger partial charge in [-0.2, -0.15) is 4.31 Å². The van der Waals surface area contributed by atoms with Gasteiger partial charge in [0, 0.05) is 12.1 Å². The zero-order valence-electron chi connectivity index (χ0n) is 14.8. The first kappa shape index (κ1) is 20.2. The lowest BCUT2D eigenvalue weighted by atomic mass is 10.1. The molecule has 0 bridgehead atoms. The highest BCUT2D eigenvalue weighted by molar-refractivity contribution is 7.89. The van der Waals surface area contributed by atoms with E-state index in [1.807, 2.05) is 19.1 Å². The lowest BCUT2D eigenvalue weighted by Crippen LogP contribution is -2.39. The van der Waals surface area contributed by atoms with Crippen LogP contribution in [-0.2, 0) is 14.8 Å². The van der Waals surface area contributed by atoms with Crippen LogP contribution in [0.3, 0.4) is 0 Å². The molecule has 0 fully saturated rings. The fourth-order valence-electron chi connectivity index (χ4n) is 2.34. The number of nitrogens with zero attached hydrogens (tertiary/aromatic N) is 1. The van der Waals surface area contributed by atoms with Crippen LogP contribution in [0.2, 0.25) is 5.02 Å². The smallest absolute Gasteiger partial charge is 0.243 e. The predicted octanol–water partition coefficient (Wildman–Crippen LogP) is 2.85. The van der Waals surface area contributed by atoms with Crippen molar-refractivity contribution in [1.82, 2.24) is 9.62 Å². The molecule has 0 aliphatic heterocycles. The molecule has 0 aliphatic rings. The summed E-state index contributed by atoms with van der Waals surface area (Å²) in [6.45, 7) is 1.54. The molecule has 1 N–H and O–H groups in total. The number of likely N-dealkylation sites (N-methyl/N-ethyl adjacent to an activating group) is 1. The molecular formula is C18H21ClN2O4S. The molecule has 0 heterocycles. The molecule has 0 spiro atoms. The van der Waals surface area contributed by atoms with Crippen LogP contribution in [0.1, 0.15) is 18.5 Å². The second-order valence-corrected chi connectivity index (χ2v) is 8.26. The van der Waals surface area contributed by atoms with E-state index >= 15 is 0 Å². The monoisotopic (exact) mass is 396 g/mol. The Morgan fingerprint density at radius 2 is 1.73 bits per heavy atom. The molecule has 6 nitrogen and oxygen atoms in total. The van der Waals surface area contributed by atoms with Gasteiger partial charge in [0.15, 0.2) is 0 Å². The van der Waals surface area contributed by atoms with Crippen molar-refractivity contribution in [1.29, 1.82) is 0 Å². The van der Waals surface area contributed by atoms with Gasteiger partial charge in [-0.3, -0.25) is 4.79 Å². The third-order valence-corrected chi connectivity index (χ3v) is 5.95. The van der Waals surface area contributed by atoms with Crippen LogP contribution >= 0.6 is 11.6 Å². The van der Waals surface area contributed by atoms with Crippen LogP contribution in [0.15, 0.2) is 53.4 Å². The van der Waals surface area contributed by atoms with Crippen molar-refractivity contribution in [3.05, 3.63) is 59.1 Å². The Balaban J connectivity index is 2.00. The summed E-state index contributed by atoms with van der Waals surface area (Å²) in [5.74, 6) is 0.328. The van der Waals surface area contributed by atoms with Gasteiger partial charge in [-0.05, 0) is 48.9 Å². The van der Waals surface area contributed by atoms with Crippen molar-refractivity contribution in [3.63, 3.8) is 0 Å². The minimum atomic E-state index is -3.76. The lowest BCUT2D eigenvalue weighted by molar-refractivity contribution is -0.121. The van der Waals surface area contributed by atoms with E-state index in [4.69, 9.17) is 16.3 Å². The number of ether oxygens (including phenoxy) is 1. The van der Waals surface area contributed by atoms with E-state index in [1.165, 1.54) is 31.3 Å². The Morgan fingerprint density at radius 1 is 1.15 bits per heavy atom. The predicted molar refractivity (Wildman–Crippen MR) is 101 cm³/mol. The van der Waals surface area contributed by atoms with Crippen LogP contribution < -0.4 is 10.1 Å². The molecule has 2 rings (SSSR count). The summed E-state index contributed by atoms with van der Waals surface area (Å²) >= 11 is 5.78. The van der Waals surface area contributed by atoms with Crippen molar-refractivity contribution in [3.8, 4) is 5.75 Å². The number of hydrogen-bond acceptors (Lipinski definition) is 4. The Kier molecular flexibility index (Phi) is 6.63. The standard InChI is InChI=1S/C18H21ClN2O4S/c1-13(14-4-8-16(25-3)9-5-14)20-18(22)12-21(2)26(23,24)17-10-6-15(19)7-11-17/h4-11,13H,12H2,1-3H3,(H,20,22)/t13-/m1/s1. The van der Waals surface area contributed by atoms with Crippen molar-refractivity contribution >= 4 is 27.5 Å². The molecule has 0 unspecified atom stereocenters. The molecule has 1 amide bonds. The highest BCUT2D eigenvalue weighted by atomic mass is 35.5. The van der Waals surface area contributed by atoms with Crippen LogP contribution in [-0.4, -0.2) is 39.3 Å². The third kappa shape index (κ3) is 4.97. The summed E-state index contributed by atoms with van der Waals surface area (Å²) in [5, 5.41) is 3.23. The molecule has 8 heteroatoms. The molecule has 0 saturated carbocycles. The zero-order valence-corrected chi connectivity index (χ0v) is 16.3. The number of benzene rings is 2. The first-order valence-corrected chi connectivity index (χ1v) is 9.71. The Morgan fingerprint density at radius 3 is 2.27 bits per heavy atom. The molecular weight excluding hydrogens is 376 g/mol. The average Bonchev–Trinajstić information content (AvgIpc) is 2.61. The first-order valence-electron chi connectivity index (χ1n) is 7.89. The maximum atomic E-state index is 12.5. The summed E-state index contributed by atoms with van der Waals surface area (Å²) < 4.78 is 31.1. The fourth-order valence-corrected chi connectivity index (χ4v) is 3.59. The highest BCUT2D eigenvalue weighted by Gasteiger charge is 2.23. The third-order valence-electron chi connectivity index (χ3n) is 3.88. The van der Waals surface area contributed by atoms with Gasteiger partial charge in [0.25, 0.3) is 0 Å². The van der Waals surface area contributed by atoms with Gasteiger partial charge < -0.3 is 10.1 Å². The first-order chi connectivity index (χ1) is 12.2. The molecule has 0 aliphatic carbocycles. The molecule has 1 atom stereocenters. The number of carbonyl (C=O) groups excluding carboxylic acids is 1. The van der Waals surface area contributed by atoms with Crippen LogP contribution in [0.5, 0.6) is 5.75 Å². The number of sulfonamides is 1. The number of amides is 1. The number of nitrogens with one attached hydrogen (secondary N) is 1. The van der Waals surface area contributed by atoms with E-state index in [2.05, 4.69) is 5.32 Å². The Hall–Kier alpha value is -2.09. The van der Waals surface area contributed by atoms with Crippen LogP contribution in [0.25, 0.3) is 0 Å². The summed E-state index contributed by atoms with van der Waals surface area (Å²) in [4.78, 5) is 12.3. The van der Waals surface area contributed by atoms with Gasteiger partial charge in [-0.25, -0.2) is 8.42 Å². The topological polar surface area (TPSA) is 75.7 Å². The van der Waals surface area contributed by atoms with Crippen molar-refractivity contribution in [2.24, 2.45) is 0 Å². The lowest BCUT2D eigenvalue weighted by Gasteiger charge is -2.19. The number of methoxy groups -OCH3 is 1. The Bertz CT molecular complexity index is 852. The van der Waals surface area contributed by atoms with Gasteiger partial charge in [0.05, 0.1) is 24.6 Å². The van der Waals surface area contributed by atoms with Crippen LogP contribution in [0, 0.1) is 0 Å². The molecule has 0 saturated heterocycles. The van der Waals surface area contributed by atoms with Gasteiger partial charge in [0.2, 0.25) is 15.9 Å². The highest BCUT2D eigenvalue weighted by Crippen LogP contribution is 2.19. The summed E-state index contributed by atoms with van der Waals surface area (Å²) in [5.41, 5.74) is 0.891. The molecule has 140 valence electrons. The van der Waals surface area contributed by atoms with E-state index in [0.717, 1.165) is 15.6 Å². The second-order valence-electron chi connectivity index (χ2n) is 5.78. The molecule has 2 aromatic carbocycles. The second kappa shape index (κ2) is 8.53. The van der Waals surface area contributed by atoms with Gasteiger partial charge in [0.1, 0.15) is 5.75 Å². The minimum Gasteiger partial charge on any atom is -0.497 e. The number of carbonyl (C=O) groups is 1. The maximum Gasteiger partial charge on any atom is 0.243 e. The number of hydrogen-bond donors (Lipinski definition) is 1. The van der Waals surface area contributed by atoms with E-state index in [9.17, 15) is 13.2 Å². The SMILES string of the molecule is COc1ccc([C@@H](C)NC(=O)CN(C)S(=O)(=O)c2ccc(Cl)cc2)cc1. The summed E-state index contributed by atoms with van der Waals surface area (Å²) in [7, 11) is -0.820. The quantitative estimate of drug-likeness (QED) is 0.780. The molecule has 26 heavy (non-hydrogen) atoms. The zero-order chi connectivity index (χ0) is 19.3. The van der Waals surface area contributed by atoms with Crippen molar-refractivity contribution in [2.75, 3.05) is 20.7 Å². The van der Waals surface area contributed by atoms with E-state index in [-0.39, 0.29) is 17.5 Å². The van der Waals surface area contributed by atoms with Gasteiger partial charge >= 0.3 is 0 Å². The summed E-state index contributed by atoms with van der Waals surface area (Å²) in [6, 6.07) is 12.8. The molecule has 0 radical (unpaired) electrons. The van der Waals surface area contributed by atoms with E-state index in [1.54, 1.807) is 19.2 Å². The normalized spacial score (nSPS) is 12.7. The molecule has 0 aromatic heterocycles. The van der Waals surface area contributed by atoms with Crippen molar-refractivity contribution in [2.45, 2.75) is 17.9 Å². The van der Waals surface area contributed by atoms with E-state index < -0.39 is 15.9 Å². The minimum absolute atomic E-state index is 0.0837. The molecule has 2 aromatic rings. The van der Waals surface area contributed by atoms with E-state index in [0.29, 0.717) is 5.02 Å². The fraction of sp³-hybridized carbons (Fsp3) is 0.278. The number of rotatable bonds is 7. The largest absolute Gasteiger partial charge is 0.497 e.